The largest absolute Gasteiger partial charge is 0.391 e. The Kier molecular flexibility index (Phi) is 4.14. The smallest absolute Gasteiger partial charge is 0.108 e. The van der Waals surface area contributed by atoms with Gasteiger partial charge in [0.05, 0.1) is 6.10 Å². The van der Waals surface area contributed by atoms with E-state index in [0.29, 0.717) is 12.5 Å². The van der Waals surface area contributed by atoms with Gasteiger partial charge >= 0.3 is 0 Å². The zero-order valence-corrected chi connectivity index (χ0v) is 9.27. The fraction of sp³-hybridized carbons (Fsp3) is 0.727. The number of hydrogen-bond acceptors (Lipinski definition) is 2. The number of nitrogens with zero attached hydrogens (tertiary/aromatic N) is 2. The van der Waals surface area contributed by atoms with E-state index in [2.05, 4.69) is 11.9 Å². The summed E-state index contributed by atoms with van der Waals surface area (Å²) in [5.74, 6) is 1.37. The van der Waals surface area contributed by atoms with E-state index in [0.717, 1.165) is 18.7 Å². The summed E-state index contributed by atoms with van der Waals surface area (Å²) in [6.07, 6.45) is 5.54. The maximum Gasteiger partial charge on any atom is 0.108 e. The first-order chi connectivity index (χ1) is 6.65. The molecule has 0 aromatic carbocycles. The molecule has 0 bridgehead atoms. The number of aliphatic hydroxyl groups is 1. The first-order valence-electron chi connectivity index (χ1n) is 5.33. The van der Waals surface area contributed by atoms with Crippen LogP contribution in [0.25, 0.3) is 0 Å². The van der Waals surface area contributed by atoms with Gasteiger partial charge in [-0.2, -0.15) is 0 Å². The molecule has 0 amide bonds. The quantitative estimate of drug-likeness (QED) is 0.780. The lowest BCUT2D eigenvalue weighted by Crippen LogP contribution is -2.22. The van der Waals surface area contributed by atoms with Crippen molar-refractivity contribution in [1.29, 1.82) is 0 Å². The van der Waals surface area contributed by atoms with E-state index in [1.54, 1.807) is 6.20 Å². The molecule has 3 nitrogen and oxygen atoms in total. The number of aliphatic hydroxyl groups excluding tert-OH is 1. The lowest BCUT2D eigenvalue weighted by Gasteiger charge is -2.16. The maximum absolute atomic E-state index is 9.74. The van der Waals surface area contributed by atoms with Crippen molar-refractivity contribution in [3.8, 4) is 0 Å². The lowest BCUT2D eigenvalue weighted by molar-refractivity contribution is 0.106. The molecule has 0 spiro atoms. The Morgan fingerprint density at radius 2 is 2.21 bits per heavy atom. The molecular formula is C11H20N2O. The van der Waals surface area contributed by atoms with Crippen molar-refractivity contribution in [3.05, 3.63) is 18.2 Å². The highest BCUT2D eigenvalue weighted by atomic mass is 16.3. The van der Waals surface area contributed by atoms with Crippen molar-refractivity contribution in [3.63, 3.8) is 0 Å². The second kappa shape index (κ2) is 5.15. The topological polar surface area (TPSA) is 38.0 Å². The van der Waals surface area contributed by atoms with Crippen LogP contribution in [0.1, 0.15) is 33.0 Å². The summed E-state index contributed by atoms with van der Waals surface area (Å²) in [7, 11) is 0. The van der Waals surface area contributed by atoms with Crippen LogP contribution >= 0.6 is 0 Å². The van der Waals surface area contributed by atoms with Crippen molar-refractivity contribution >= 4 is 0 Å². The number of hydrogen-bond donors (Lipinski definition) is 1. The third-order valence-corrected chi connectivity index (χ3v) is 2.43. The van der Waals surface area contributed by atoms with Crippen LogP contribution in [0.5, 0.6) is 0 Å². The Labute approximate surface area is 85.8 Å². The van der Waals surface area contributed by atoms with Gasteiger partial charge in [-0.1, -0.05) is 20.8 Å². The van der Waals surface area contributed by atoms with Gasteiger partial charge in [-0.15, -0.1) is 0 Å². The van der Waals surface area contributed by atoms with Crippen LogP contribution in [0.4, 0.5) is 0 Å². The highest BCUT2D eigenvalue weighted by Gasteiger charge is 2.11. The van der Waals surface area contributed by atoms with Gasteiger partial charge in [0.25, 0.3) is 0 Å². The first kappa shape index (κ1) is 11.2. The van der Waals surface area contributed by atoms with Gasteiger partial charge in [-0.25, -0.2) is 4.98 Å². The Balaban J connectivity index is 2.61. The third-order valence-electron chi connectivity index (χ3n) is 2.43. The summed E-state index contributed by atoms with van der Waals surface area (Å²) in [5, 5.41) is 9.74. The van der Waals surface area contributed by atoms with Gasteiger partial charge in [-0.3, -0.25) is 0 Å². The minimum atomic E-state index is -0.278. The molecule has 80 valence electrons. The molecule has 1 N–H and O–H groups in total. The minimum absolute atomic E-state index is 0.278. The van der Waals surface area contributed by atoms with E-state index in [1.807, 2.05) is 24.6 Å². The van der Waals surface area contributed by atoms with E-state index < -0.39 is 0 Å². The summed E-state index contributed by atoms with van der Waals surface area (Å²) < 4.78 is 2.05. The van der Waals surface area contributed by atoms with Crippen LogP contribution in [0, 0.1) is 5.92 Å². The molecule has 0 saturated carbocycles. The van der Waals surface area contributed by atoms with Gasteiger partial charge in [0.1, 0.15) is 5.82 Å². The van der Waals surface area contributed by atoms with Crippen LogP contribution in [0.3, 0.4) is 0 Å². The van der Waals surface area contributed by atoms with Crippen LogP contribution < -0.4 is 0 Å². The summed E-state index contributed by atoms with van der Waals surface area (Å²) in [5.41, 5.74) is 0. The molecule has 1 heterocycles. The summed E-state index contributed by atoms with van der Waals surface area (Å²) >= 11 is 0. The molecule has 1 rings (SSSR count). The van der Waals surface area contributed by atoms with Gasteiger partial charge in [0, 0.05) is 25.4 Å². The second-order valence-electron chi connectivity index (χ2n) is 4.06. The molecule has 0 aliphatic carbocycles. The van der Waals surface area contributed by atoms with Crippen molar-refractivity contribution in [1.82, 2.24) is 9.55 Å². The number of aryl methyl sites for hydroxylation is 1. The summed E-state index contributed by atoms with van der Waals surface area (Å²) in [6.45, 7) is 6.85. The van der Waals surface area contributed by atoms with Gasteiger partial charge in [0.15, 0.2) is 0 Å². The number of aromatic nitrogens is 2. The molecule has 1 unspecified atom stereocenters. The van der Waals surface area contributed by atoms with Crippen molar-refractivity contribution in [2.45, 2.75) is 46.3 Å². The van der Waals surface area contributed by atoms with Crippen molar-refractivity contribution in [2.24, 2.45) is 5.92 Å². The van der Waals surface area contributed by atoms with E-state index in [4.69, 9.17) is 0 Å². The molecule has 0 aliphatic rings. The molecule has 0 fully saturated rings. The molecule has 0 radical (unpaired) electrons. The molecule has 1 atom stereocenters. The Hall–Kier alpha value is -0.830. The lowest BCUT2D eigenvalue weighted by atomic mass is 10.1. The SMILES string of the molecule is CCCc1nccn1CC(O)C(C)C. The van der Waals surface area contributed by atoms with Crippen LogP contribution in [0.15, 0.2) is 12.4 Å². The molecule has 0 saturated heterocycles. The predicted octanol–water partition coefficient (Wildman–Crippen LogP) is 1.85. The van der Waals surface area contributed by atoms with Crippen LogP contribution in [0.2, 0.25) is 0 Å². The van der Waals surface area contributed by atoms with E-state index in [1.165, 1.54) is 0 Å². The average molecular weight is 196 g/mol. The fourth-order valence-electron chi connectivity index (χ4n) is 1.37. The van der Waals surface area contributed by atoms with Crippen molar-refractivity contribution in [2.75, 3.05) is 0 Å². The Bertz CT molecular complexity index is 268. The highest BCUT2D eigenvalue weighted by Crippen LogP contribution is 2.07. The standard InChI is InChI=1S/C11H20N2O/c1-4-5-11-12-6-7-13(11)8-10(14)9(2)3/h6-7,9-10,14H,4-5,8H2,1-3H3. The maximum atomic E-state index is 9.74. The molecule has 1 aromatic rings. The third kappa shape index (κ3) is 2.84. The minimum Gasteiger partial charge on any atom is -0.391 e. The van der Waals surface area contributed by atoms with E-state index in [9.17, 15) is 5.11 Å². The molecule has 0 aliphatic heterocycles. The predicted molar refractivity (Wildman–Crippen MR) is 57.1 cm³/mol. The van der Waals surface area contributed by atoms with E-state index in [-0.39, 0.29) is 6.10 Å². The van der Waals surface area contributed by atoms with Gasteiger partial charge in [-0.05, 0) is 12.3 Å². The van der Waals surface area contributed by atoms with Crippen LogP contribution in [-0.2, 0) is 13.0 Å². The van der Waals surface area contributed by atoms with Gasteiger partial charge < -0.3 is 9.67 Å². The molecule has 14 heavy (non-hydrogen) atoms. The number of imidazole rings is 1. The van der Waals surface area contributed by atoms with Crippen LogP contribution in [-0.4, -0.2) is 20.8 Å². The van der Waals surface area contributed by atoms with Gasteiger partial charge in [0.2, 0.25) is 0 Å². The molecule has 3 heteroatoms. The normalized spacial score (nSPS) is 13.5. The molecular weight excluding hydrogens is 176 g/mol. The average Bonchev–Trinajstić information content (AvgIpc) is 2.53. The van der Waals surface area contributed by atoms with E-state index >= 15 is 0 Å². The number of rotatable bonds is 5. The Morgan fingerprint density at radius 3 is 2.79 bits per heavy atom. The van der Waals surface area contributed by atoms with Crippen molar-refractivity contribution < 1.29 is 5.11 Å². The summed E-state index contributed by atoms with van der Waals surface area (Å²) in [4.78, 5) is 4.27. The Morgan fingerprint density at radius 1 is 1.50 bits per heavy atom. The first-order valence-corrected chi connectivity index (χ1v) is 5.33. The highest BCUT2D eigenvalue weighted by molar-refractivity contribution is 4.93. The zero-order valence-electron chi connectivity index (χ0n) is 9.27. The second-order valence-corrected chi connectivity index (χ2v) is 4.06. The zero-order chi connectivity index (χ0) is 10.6. The fourth-order valence-corrected chi connectivity index (χ4v) is 1.37. The molecule has 1 aromatic heterocycles. The summed E-state index contributed by atoms with van der Waals surface area (Å²) in [6, 6.07) is 0. The monoisotopic (exact) mass is 196 g/mol.